The van der Waals surface area contributed by atoms with Crippen molar-refractivity contribution in [1.82, 2.24) is 5.32 Å². The summed E-state index contributed by atoms with van der Waals surface area (Å²) >= 11 is 0. The predicted molar refractivity (Wildman–Crippen MR) is 72.2 cm³/mol. The van der Waals surface area contributed by atoms with Crippen molar-refractivity contribution >= 4 is 17.6 Å². The van der Waals surface area contributed by atoms with Crippen molar-refractivity contribution in [3.05, 3.63) is 29.3 Å². The van der Waals surface area contributed by atoms with Gasteiger partial charge in [0.05, 0.1) is 18.7 Å². The van der Waals surface area contributed by atoms with Crippen LogP contribution in [0.2, 0.25) is 0 Å². The van der Waals surface area contributed by atoms with Gasteiger partial charge in [-0.1, -0.05) is 6.07 Å². The Bertz CT molecular complexity index is 493. The number of aryl methyl sites for hydroxylation is 1. The summed E-state index contributed by atoms with van der Waals surface area (Å²) in [5.41, 5.74) is 2.00. The summed E-state index contributed by atoms with van der Waals surface area (Å²) in [6, 6.07) is 4.99. The average Bonchev–Trinajstić information content (AvgIpc) is 2.94. The Morgan fingerprint density at radius 1 is 1.42 bits per heavy atom. The number of ether oxygens (including phenoxy) is 1. The molecule has 1 fully saturated rings. The summed E-state index contributed by atoms with van der Waals surface area (Å²) in [6.07, 6.45) is 1.86. The number of amides is 1. The summed E-state index contributed by atoms with van der Waals surface area (Å²) in [7, 11) is 1.34. The third kappa shape index (κ3) is 3.12. The zero-order valence-corrected chi connectivity index (χ0v) is 11.2. The maximum atomic E-state index is 12.0. The lowest BCUT2D eigenvalue weighted by Crippen LogP contribution is -2.35. The molecular formula is C14H18N2O3. The zero-order valence-electron chi connectivity index (χ0n) is 11.2. The molecule has 0 radical (unpaired) electrons. The van der Waals surface area contributed by atoms with Crippen LogP contribution in [0.3, 0.4) is 0 Å². The minimum absolute atomic E-state index is 0.0531. The molecule has 0 saturated carbocycles. The van der Waals surface area contributed by atoms with Crippen molar-refractivity contribution in [3.8, 4) is 0 Å². The van der Waals surface area contributed by atoms with E-state index in [4.69, 9.17) is 0 Å². The number of nitrogens with one attached hydrogen (secondary N) is 2. The highest BCUT2D eigenvalue weighted by Crippen LogP contribution is 2.18. The molecule has 0 aliphatic carbocycles. The first-order valence-corrected chi connectivity index (χ1v) is 6.35. The molecule has 0 spiro atoms. The lowest BCUT2D eigenvalue weighted by Gasteiger charge is -2.13. The van der Waals surface area contributed by atoms with Crippen LogP contribution in [-0.2, 0) is 9.53 Å². The van der Waals surface area contributed by atoms with E-state index in [0.717, 1.165) is 24.9 Å². The molecule has 0 bridgehead atoms. The molecule has 1 aliphatic heterocycles. The molecule has 2 N–H and O–H groups in total. The molecule has 1 saturated heterocycles. The van der Waals surface area contributed by atoms with Gasteiger partial charge in [-0.2, -0.15) is 0 Å². The molecule has 102 valence electrons. The molecule has 1 atom stereocenters. The summed E-state index contributed by atoms with van der Waals surface area (Å²) in [6.45, 7) is 2.76. The second kappa shape index (κ2) is 5.84. The van der Waals surface area contributed by atoms with E-state index in [-0.39, 0.29) is 11.9 Å². The summed E-state index contributed by atoms with van der Waals surface area (Å²) in [4.78, 5) is 23.5. The van der Waals surface area contributed by atoms with Crippen LogP contribution >= 0.6 is 0 Å². The number of esters is 1. The predicted octanol–water partition coefficient (Wildman–Crippen LogP) is 1.47. The Labute approximate surface area is 112 Å². The van der Waals surface area contributed by atoms with Gasteiger partial charge in [-0.25, -0.2) is 4.79 Å². The molecule has 1 heterocycles. The second-order valence-electron chi connectivity index (χ2n) is 4.66. The number of anilines is 1. The van der Waals surface area contributed by atoms with Crippen LogP contribution in [0.4, 0.5) is 5.69 Å². The first-order chi connectivity index (χ1) is 9.11. The number of carbonyl (C=O) groups is 2. The zero-order chi connectivity index (χ0) is 13.8. The van der Waals surface area contributed by atoms with Crippen molar-refractivity contribution in [1.29, 1.82) is 0 Å². The molecule has 5 heteroatoms. The van der Waals surface area contributed by atoms with E-state index in [1.807, 2.05) is 6.92 Å². The van der Waals surface area contributed by atoms with Crippen LogP contribution in [0.25, 0.3) is 0 Å². The van der Waals surface area contributed by atoms with Gasteiger partial charge in [0, 0.05) is 5.69 Å². The van der Waals surface area contributed by atoms with Crippen LogP contribution in [0.1, 0.15) is 28.8 Å². The van der Waals surface area contributed by atoms with Gasteiger partial charge in [-0.15, -0.1) is 0 Å². The van der Waals surface area contributed by atoms with Crippen molar-refractivity contribution in [3.63, 3.8) is 0 Å². The van der Waals surface area contributed by atoms with Crippen LogP contribution in [0.15, 0.2) is 18.2 Å². The van der Waals surface area contributed by atoms with Crippen LogP contribution in [0.5, 0.6) is 0 Å². The van der Waals surface area contributed by atoms with E-state index < -0.39 is 5.97 Å². The summed E-state index contributed by atoms with van der Waals surface area (Å²) in [5, 5.41) is 6.00. The smallest absolute Gasteiger partial charge is 0.337 e. The fourth-order valence-electron chi connectivity index (χ4n) is 2.13. The quantitative estimate of drug-likeness (QED) is 0.810. The standard InChI is InChI=1S/C14H18N2O3/c1-9-5-6-10(14(18)19-2)8-12(9)16-13(17)11-4-3-7-15-11/h5-6,8,11,15H,3-4,7H2,1-2H3,(H,16,17)/t11-/m0/s1. The van der Waals surface area contributed by atoms with Crippen molar-refractivity contribution in [2.45, 2.75) is 25.8 Å². The summed E-state index contributed by atoms with van der Waals surface area (Å²) < 4.78 is 4.67. The first kappa shape index (κ1) is 13.5. The first-order valence-electron chi connectivity index (χ1n) is 6.35. The maximum absolute atomic E-state index is 12.0. The van der Waals surface area contributed by atoms with Gasteiger partial charge in [0.2, 0.25) is 5.91 Å². The van der Waals surface area contributed by atoms with Crippen molar-refractivity contribution in [2.24, 2.45) is 0 Å². The van der Waals surface area contributed by atoms with Crippen LogP contribution < -0.4 is 10.6 Å². The van der Waals surface area contributed by atoms with E-state index in [1.165, 1.54) is 7.11 Å². The Hall–Kier alpha value is -1.88. The molecule has 1 aromatic carbocycles. The molecule has 2 rings (SSSR count). The van der Waals surface area contributed by atoms with E-state index in [9.17, 15) is 9.59 Å². The highest BCUT2D eigenvalue weighted by Gasteiger charge is 2.22. The fraction of sp³-hybridized carbons (Fsp3) is 0.429. The minimum atomic E-state index is -0.408. The van der Waals surface area contributed by atoms with Gasteiger partial charge in [-0.3, -0.25) is 4.79 Å². The monoisotopic (exact) mass is 262 g/mol. The van der Waals surface area contributed by atoms with Gasteiger partial charge in [0.25, 0.3) is 0 Å². The third-order valence-corrected chi connectivity index (χ3v) is 3.29. The van der Waals surface area contributed by atoms with Gasteiger partial charge in [0.1, 0.15) is 0 Å². The Morgan fingerprint density at radius 3 is 2.84 bits per heavy atom. The summed E-state index contributed by atoms with van der Waals surface area (Å²) in [5.74, 6) is -0.461. The molecule has 1 aliphatic rings. The number of rotatable bonds is 3. The molecule has 19 heavy (non-hydrogen) atoms. The normalized spacial score (nSPS) is 18.1. The Kier molecular flexibility index (Phi) is 4.16. The van der Waals surface area contributed by atoms with E-state index >= 15 is 0 Å². The molecule has 1 amide bonds. The van der Waals surface area contributed by atoms with Crippen LogP contribution in [-0.4, -0.2) is 31.6 Å². The highest BCUT2D eigenvalue weighted by molar-refractivity contribution is 5.97. The van der Waals surface area contributed by atoms with Crippen molar-refractivity contribution in [2.75, 3.05) is 19.0 Å². The van der Waals surface area contributed by atoms with Crippen molar-refractivity contribution < 1.29 is 14.3 Å². The molecular weight excluding hydrogens is 244 g/mol. The molecule has 0 aromatic heterocycles. The Morgan fingerprint density at radius 2 is 2.21 bits per heavy atom. The van der Waals surface area contributed by atoms with Gasteiger partial charge in [-0.05, 0) is 44.0 Å². The second-order valence-corrected chi connectivity index (χ2v) is 4.66. The molecule has 5 nitrogen and oxygen atoms in total. The number of carbonyl (C=O) groups excluding carboxylic acids is 2. The van der Waals surface area contributed by atoms with Gasteiger partial charge >= 0.3 is 5.97 Å². The number of hydrogen-bond acceptors (Lipinski definition) is 4. The van der Waals surface area contributed by atoms with E-state index in [2.05, 4.69) is 15.4 Å². The van der Waals surface area contributed by atoms with E-state index in [1.54, 1.807) is 18.2 Å². The maximum Gasteiger partial charge on any atom is 0.337 e. The molecule has 1 aromatic rings. The third-order valence-electron chi connectivity index (χ3n) is 3.29. The van der Waals surface area contributed by atoms with E-state index in [0.29, 0.717) is 11.3 Å². The molecule has 0 unspecified atom stereocenters. The SMILES string of the molecule is COC(=O)c1ccc(C)c(NC(=O)[C@@H]2CCCN2)c1. The van der Waals surface area contributed by atoms with Crippen LogP contribution in [0, 0.1) is 6.92 Å². The lowest BCUT2D eigenvalue weighted by molar-refractivity contribution is -0.117. The number of benzene rings is 1. The number of methoxy groups -OCH3 is 1. The lowest BCUT2D eigenvalue weighted by atomic mass is 10.1. The Balaban J connectivity index is 2.14. The average molecular weight is 262 g/mol. The van der Waals surface area contributed by atoms with Gasteiger partial charge < -0.3 is 15.4 Å². The van der Waals surface area contributed by atoms with Gasteiger partial charge in [0.15, 0.2) is 0 Å². The largest absolute Gasteiger partial charge is 0.465 e. The minimum Gasteiger partial charge on any atom is -0.465 e. The fourth-order valence-corrected chi connectivity index (χ4v) is 2.13. The number of hydrogen-bond donors (Lipinski definition) is 2. The highest BCUT2D eigenvalue weighted by atomic mass is 16.5. The topological polar surface area (TPSA) is 67.4 Å².